The maximum Gasteiger partial charge on any atom is 0.310 e. The molecule has 0 saturated carbocycles. The zero-order valence-electron chi connectivity index (χ0n) is 10.2. The summed E-state index contributed by atoms with van der Waals surface area (Å²) in [6.07, 6.45) is 0. The van der Waals surface area contributed by atoms with Crippen LogP contribution < -0.4 is 5.32 Å². The van der Waals surface area contributed by atoms with Gasteiger partial charge in [0.15, 0.2) is 0 Å². The molecule has 2 N–H and O–H groups in total. The van der Waals surface area contributed by atoms with E-state index in [1.54, 1.807) is 13.8 Å². The molecule has 1 rings (SSSR count). The minimum absolute atomic E-state index is 0.0207. The Morgan fingerprint density at radius 2 is 2.19 bits per heavy atom. The van der Waals surface area contributed by atoms with Gasteiger partial charge in [-0.1, -0.05) is 0 Å². The molecule has 0 bridgehead atoms. The third-order valence-electron chi connectivity index (χ3n) is 2.62. The lowest BCUT2D eigenvalue weighted by atomic mass is 9.93. The Labute approximate surface area is 95.7 Å². The Morgan fingerprint density at radius 3 is 2.62 bits per heavy atom. The van der Waals surface area contributed by atoms with Gasteiger partial charge in [-0.05, 0) is 39.8 Å². The molecule has 0 aromatic carbocycles. The predicted octanol–water partition coefficient (Wildman–Crippen LogP) is 2.35. The smallest absolute Gasteiger partial charge is 0.310 e. The number of carboxylic acid groups (broad SMARTS) is 1. The van der Waals surface area contributed by atoms with Crippen LogP contribution in [0.25, 0.3) is 0 Å². The Balaban J connectivity index is 2.53. The molecule has 0 radical (unpaired) electrons. The highest BCUT2D eigenvalue weighted by atomic mass is 16.4. The van der Waals surface area contributed by atoms with Gasteiger partial charge in [-0.3, -0.25) is 4.79 Å². The molecule has 4 nitrogen and oxygen atoms in total. The van der Waals surface area contributed by atoms with Crippen LogP contribution in [-0.2, 0) is 4.79 Å². The molecule has 0 fully saturated rings. The fourth-order valence-corrected chi connectivity index (χ4v) is 1.27. The molecule has 1 unspecified atom stereocenters. The number of rotatable bonds is 5. The fourth-order valence-electron chi connectivity index (χ4n) is 1.27. The van der Waals surface area contributed by atoms with E-state index in [2.05, 4.69) is 5.32 Å². The molecule has 1 aromatic heterocycles. The number of nitrogens with one attached hydrogen (secondary N) is 1. The fraction of sp³-hybridized carbons (Fsp3) is 0.583. The first-order valence-corrected chi connectivity index (χ1v) is 5.36. The number of hydrogen-bond donors (Lipinski definition) is 2. The molecule has 1 heterocycles. The number of hydrogen-bond acceptors (Lipinski definition) is 3. The van der Waals surface area contributed by atoms with Crippen molar-refractivity contribution in [3.63, 3.8) is 0 Å². The highest BCUT2D eigenvalue weighted by Crippen LogP contribution is 2.19. The van der Waals surface area contributed by atoms with E-state index < -0.39 is 11.4 Å². The molecule has 0 aliphatic carbocycles. The van der Waals surface area contributed by atoms with E-state index in [9.17, 15) is 4.79 Å². The molecule has 90 valence electrons. The molecule has 16 heavy (non-hydrogen) atoms. The van der Waals surface area contributed by atoms with Gasteiger partial charge in [-0.2, -0.15) is 0 Å². The van der Waals surface area contributed by atoms with Crippen LogP contribution in [0.5, 0.6) is 0 Å². The summed E-state index contributed by atoms with van der Waals surface area (Å²) < 4.78 is 5.46. The predicted molar refractivity (Wildman–Crippen MR) is 61.3 cm³/mol. The monoisotopic (exact) mass is 225 g/mol. The molecular weight excluding hydrogens is 206 g/mol. The van der Waals surface area contributed by atoms with E-state index in [-0.39, 0.29) is 6.04 Å². The van der Waals surface area contributed by atoms with Crippen LogP contribution in [0.15, 0.2) is 16.5 Å². The van der Waals surface area contributed by atoms with Crippen LogP contribution in [0.1, 0.15) is 38.3 Å². The van der Waals surface area contributed by atoms with Gasteiger partial charge in [0.05, 0.1) is 11.5 Å². The van der Waals surface area contributed by atoms with Crippen molar-refractivity contribution in [2.24, 2.45) is 5.41 Å². The quantitative estimate of drug-likeness (QED) is 0.807. The first kappa shape index (κ1) is 12.8. The molecule has 1 atom stereocenters. The van der Waals surface area contributed by atoms with Crippen molar-refractivity contribution in [3.8, 4) is 0 Å². The van der Waals surface area contributed by atoms with Crippen LogP contribution in [0.3, 0.4) is 0 Å². The first-order chi connectivity index (χ1) is 7.33. The molecule has 0 aliphatic heterocycles. The first-order valence-electron chi connectivity index (χ1n) is 5.36. The van der Waals surface area contributed by atoms with Gasteiger partial charge in [-0.15, -0.1) is 0 Å². The van der Waals surface area contributed by atoms with Crippen molar-refractivity contribution in [1.29, 1.82) is 0 Å². The zero-order valence-corrected chi connectivity index (χ0v) is 10.2. The highest BCUT2D eigenvalue weighted by molar-refractivity contribution is 5.73. The van der Waals surface area contributed by atoms with Crippen molar-refractivity contribution in [3.05, 3.63) is 23.7 Å². The highest BCUT2D eigenvalue weighted by Gasteiger charge is 2.27. The number of aryl methyl sites for hydroxylation is 1. The van der Waals surface area contributed by atoms with Gasteiger partial charge < -0.3 is 14.8 Å². The lowest BCUT2D eigenvalue weighted by molar-refractivity contribution is -0.146. The number of furan rings is 1. The standard InChI is InChI=1S/C12H19NO3/c1-8-5-6-10(16-8)9(2)13-7-12(3,4)11(14)15/h5-6,9,13H,7H2,1-4H3,(H,14,15). The molecule has 0 aliphatic rings. The summed E-state index contributed by atoms with van der Waals surface area (Å²) in [4.78, 5) is 10.9. The van der Waals surface area contributed by atoms with Crippen molar-refractivity contribution in [2.45, 2.75) is 33.7 Å². The second kappa shape index (κ2) is 4.70. The summed E-state index contributed by atoms with van der Waals surface area (Å²) >= 11 is 0. The summed E-state index contributed by atoms with van der Waals surface area (Å²) in [6, 6.07) is 3.82. The van der Waals surface area contributed by atoms with E-state index in [1.807, 2.05) is 26.0 Å². The van der Waals surface area contributed by atoms with E-state index in [1.165, 1.54) is 0 Å². The lowest BCUT2D eigenvalue weighted by Gasteiger charge is -2.22. The van der Waals surface area contributed by atoms with Crippen molar-refractivity contribution in [2.75, 3.05) is 6.54 Å². The zero-order chi connectivity index (χ0) is 12.3. The molecule has 0 spiro atoms. The molecule has 0 amide bonds. The van der Waals surface area contributed by atoms with Gasteiger partial charge in [-0.25, -0.2) is 0 Å². The van der Waals surface area contributed by atoms with E-state index >= 15 is 0 Å². The largest absolute Gasteiger partial charge is 0.481 e. The van der Waals surface area contributed by atoms with Crippen LogP contribution in [0.2, 0.25) is 0 Å². The van der Waals surface area contributed by atoms with Gasteiger partial charge in [0.25, 0.3) is 0 Å². The number of carboxylic acids is 1. The molecule has 4 heteroatoms. The summed E-state index contributed by atoms with van der Waals surface area (Å²) in [6.45, 7) is 7.64. The van der Waals surface area contributed by atoms with Crippen molar-refractivity contribution < 1.29 is 14.3 Å². The normalized spacial score (nSPS) is 13.8. The minimum Gasteiger partial charge on any atom is -0.481 e. The molecular formula is C12H19NO3. The third kappa shape index (κ3) is 3.10. The van der Waals surface area contributed by atoms with Gasteiger partial charge in [0.1, 0.15) is 11.5 Å². The lowest BCUT2D eigenvalue weighted by Crippen LogP contribution is -2.37. The van der Waals surface area contributed by atoms with E-state index in [0.29, 0.717) is 6.54 Å². The van der Waals surface area contributed by atoms with Crippen LogP contribution in [0.4, 0.5) is 0 Å². The summed E-state index contributed by atoms with van der Waals surface area (Å²) in [5, 5.41) is 12.1. The van der Waals surface area contributed by atoms with Gasteiger partial charge in [0.2, 0.25) is 0 Å². The maximum atomic E-state index is 10.9. The average molecular weight is 225 g/mol. The minimum atomic E-state index is -0.803. The van der Waals surface area contributed by atoms with Crippen molar-refractivity contribution in [1.82, 2.24) is 5.32 Å². The van der Waals surface area contributed by atoms with Crippen LogP contribution in [0, 0.1) is 12.3 Å². The maximum absolute atomic E-state index is 10.9. The van der Waals surface area contributed by atoms with E-state index in [4.69, 9.17) is 9.52 Å². The summed E-state index contributed by atoms with van der Waals surface area (Å²) in [7, 11) is 0. The second-order valence-electron chi connectivity index (χ2n) is 4.74. The van der Waals surface area contributed by atoms with E-state index in [0.717, 1.165) is 11.5 Å². The Kier molecular flexibility index (Phi) is 3.75. The summed E-state index contributed by atoms with van der Waals surface area (Å²) in [5.74, 6) is 0.891. The van der Waals surface area contributed by atoms with Crippen LogP contribution >= 0.6 is 0 Å². The number of aliphatic carboxylic acids is 1. The summed E-state index contributed by atoms with van der Waals surface area (Å²) in [5.41, 5.74) is -0.768. The Morgan fingerprint density at radius 1 is 1.56 bits per heavy atom. The van der Waals surface area contributed by atoms with Crippen molar-refractivity contribution >= 4 is 5.97 Å². The van der Waals surface area contributed by atoms with Gasteiger partial charge in [0, 0.05) is 6.54 Å². The topological polar surface area (TPSA) is 62.5 Å². The third-order valence-corrected chi connectivity index (χ3v) is 2.62. The Hall–Kier alpha value is -1.29. The van der Waals surface area contributed by atoms with Crippen LogP contribution in [-0.4, -0.2) is 17.6 Å². The second-order valence-corrected chi connectivity index (χ2v) is 4.74. The average Bonchev–Trinajstić information content (AvgIpc) is 2.61. The SMILES string of the molecule is Cc1ccc(C(C)NCC(C)(C)C(=O)O)o1. The Bertz CT molecular complexity index is 368. The number of carbonyl (C=O) groups is 1. The van der Waals surface area contributed by atoms with Gasteiger partial charge >= 0.3 is 5.97 Å². The molecule has 0 saturated heterocycles. The molecule has 1 aromatic rings.